The number of nitrogens with two attached hydrogens (primary N) is 2. The minimum atomic E-state index is -0.359. The topological polar surface area (TPSA) is 188 Å². The molecular weight excluding hydrogens is 825 g/mol. The number of allylic oxidation sites excluding steroid dienone is 8. The quantitative estimate of drug-likeness (QED) is 0.0438. The number of hydrogen-bond donors (Lipinski definition) is 8. The van der Waals surface area contributed by atoms with Crippen LogP contribution >= 0.6 is 0 Å². The largest absolute Gasteiger partial charge is 0.505 e. The van der Waals surface area contributed by atoms with Crippen LogP contribution in [0.15, 0.2) is 164 Å². The van der Waals surface area contributed by atoms with E-state index in [9.17, 15) is 10.2 Å². The van der Waals surface area contributed by atoms with Gasteiger partial charge in [0, 0.05) is 27.4 Å². The van der Waals surface area contributed by atoms with Gasteiger partial charge >= 0.3 is 0 Å². The van der Waals surface area contributed by atoms with Gasteiger partial charge in [-0.1, -0.05) is 204 Å². The van der Waals surface area contributed by atoms with E-state index in [-0.39, 0.29) is 61.4 Å². The van der Waals surface area contributed by atoms with E-state index in [0.717, 1.165) is 34.2 Å². The minimum Gasteiger partial charge on any atom is -0.505 e. The number of phenols is 2. The van der Waals surface area contributed by atoms with Crippen molar-refractivity contribution < 1.29 is 10.2 Å². The third-order valence-electron chi connectivity index (χ3n) is 12.4. The maximum absolute atomic E-state index is 10.7. The number of nitrogen functional groups attached to an aromatic ring is 2. The Labute approximate surface area is 400 Å². The Kier molecular flexibility index (Phi) is 16.9. The van der Waals surface area contributed by atoms with E-state index in [1.54, 1.807) is 48.6 Å². The highest BCUT2D eigenvalue weighted by molar-refractivity contribution is 6.49. The molecule has 0 saturated heterocycles. The van der Waals surface area contributed by atoms with Crippen molar-refractivity contribution in [3.8, 4) is 11.5 Å². The number of anilines is 2. The first-order valence-corrected chi connectivity index (χ1v) is 22.7. The third-order valence-corrected chi connectivity index (χ3v) is 12.4. The molecule has 5 aromatic carbocycles. The number of hydrogen-bond acceptors (Lipinski definition) is 8. The maximum atomic E-state index is 10.7. The van der Waals surface area contributed by atoms with Gasteiger partial charge in [-0.2, -0.15) is 0 Å². The highest BCUT2D eigenvalue weighted by Crippen LogP contribution is 2.46. The first kappa shape index (κ1) is 52.6. The fraction of sp³-hybridized carbons (Fsp3) is 0.288. The van der Waals surface area contributed by atoms with E-state index in [0.29, 0.717) is 11.4 Å². The average Bonchev–Trinajstić information content (AvgIpc) is 3.28. The molecular formula is C59H72N6O2. The molecule has 0 saturated carbocycles. The lowest BCUT2D eigenvalue weighted by atomic mass is 9.70. The zero-order valence-corrected chi connectivity index (χ0v) is 41.3. The van der Waals surface area contributed by atoms with Crippen molar-refractivity contribution in [2.45, 2.75) is 104 Å². The summed E-state index contributed by atoms with van der Waals surface area (Å²) in [6.07, 6.45) is 14.4. The lowest BCUT2D eigenvalue weighted by molar-refractivity contribution is 0.284. The molecule has 0 unspecified atom stereocenters. The van der Waals surface area contributed by atoms with Gasteiger partial charge in [0.2, 0.25) is 0 Å². The van der Waals surface area contributed by atoms with E-state index < -0.39 is 0 Å². The first-order valence-electron chi connectivity index (χ1n) is 22.7. The Morgan fingerprint density at radius 3 is 0.970 bits per heavy atom. The second-order valence-electron chi connectivity index (χ2n) is 20.6. The minimum absolute atomic E-state index is 0.0262. The van der Waals surface area contributed by atoms with Gasteiger partial charge in [-0.15, -0.1) is 0 Å². The van der Waals surface area contributed by atoms with Crippen LogP contribution in [-0.4, -0.2) is 33.1 Å². The van der Waals surface area contributed by atoms with Crippen LogP contribution in [0.2, 0.25) is 0 Å². The van der Waals surface area contributed by atoms with Crippen LogP contribution in [0, 0.1) is 27.1 Å². The van der Waals surface area contributed by atoms with E-state index in [1.165, 1.54) is 11.1 Å². The van der Waals surface area contributed by atoms with Crippen molar-refractivity contribution in [1.82, 2.24) is 0 Å². The molecule has 0 aliphatic heterocycles. The summed E-state index contributed by atoms with van der Waals surface area (Å²) in [7, 11) is 0. The SMILES string of the molecule is CC(C)(C)CC(C)(C)c1cc(N)c(O)c(C(C)(C)c2ccccc2)c1.CC(C)(c1ccccc1)c1cc(N)c(O)c(C(C)(C)c2ccccc2)c1.N=C1C=CC=CC1=N.N=C1C=CC=CC1=N. The molecule has 2 aliphatic rings. The van der Waals surface area contributed by atoms with Crippen LogP contribution in [0.3, 0.4) is 0 Å². The van der Waals surface area contributed by atoms with Crippen molar-refractivity contribution in [3.05, 3.63) is 203 Å². The summed E-state index contributed by atoms with van der Waals surface area (Å²) < 4.78 is 0. The van der Waals surface area contributed by atoms with Crippen molar-refractivity contribution in [2.24, 2.45) is 5.41 Å². The number of nitrogens with one attached hydrogen (secondary N) is 4. The van der Waals surface area contributed by atoms with Gasteiger partial charge in [-0.25, -0.2) is 0 Å². The normalized spacial score (nSPS) is 13.8. The fourth-order valence-electron chi connectivity index (χ4n) is 8.45. The van der Waals surface area contributed by atoms with E-state index in [4.69, 9.17) is 33.1 Å². The van der Waals surface area contributed by atoms with Crippen molar-refractivity contribution >= 4 is 34.2 Å². The Hall–Kier alpha value is -7.06. The summed E-state index contributed by atoms with van der Waals surface area (Å²) in [5.41, 5.74) is 21.3. The van der Waals surface area contributed by atoms with Crippen molar-refractivity contribution in [2.75, 3.05) is 11.5 Å². The molecule has 350 valence electrons. The Morgan fingerprint density at radius 2 is 0.672 bits per heavy atom. The predicted octanol–water partition coefficient (Wildman–Crippen LogP) is 13.9. The molecule has 0 atom stereocenters. The number of phenolic OH excluding ortho intramolecular Hbond substituents is 2. The lowest BCUT2D eigenvalue weighted by Gasteiger charge is -2.35. The summed E-state index contributed by atoms with van der Waals surface area (Å²) in [4.78, 5) is 0. The molecule has 0 radical (unpaired) electrons. The zero-order valence-electron chi connectivity index (χ0n) is 41.3. The van der Waals surface area contributed by atoms with Gasteiger partial charge in [0.1, 0.15) is 11.5 Å². The van der Waals surface area contributed by atoms with Crippen LogP contribution in [0.4, 0.5) is 11.4 Å². The summed E-state index contributed by atoms with van der Waals surface area (Å²) >= 11 is 0. The fourth-order valence-corrected chi connectivity index (χ4v) is 8.45. The second-order valence-corrected chi connectivity index (χ2v) is 20.6. The third kappa shape index (κ3) is 13.5. The van der Waals surface area contributed by atoms with Crippen molar-refractivity contribution in [1.29, 1.82) is 21.6 Å². The molecule has 8 nitrogen and oxygen atoms in total. The molecule has 0 amide bonds. The molecule has 5 aromatic rings. The van der Waals surface area contributed by atoms with Gasteiger partial charge < -0.3 is 21.7 Å². The molecule has 0 bridgehead atoms. The van der Waals surface area contributed by atoms with Gasteiger partial charge in [-0.05, 0) is 81.5 Å². The second kappa shape index (κ2) is 21.5. The zero-order chi connectivity index (χ0) is 50.0. The lowest BCUT2D eigenvalue weighted by Crippen LogP contribution is -2.26. The molecule has 2 aliphatic carbocycles. The molecule has 0 heterocycles. The summed E-state index contributed by atoms with van der Waals surface area (Å²) in [6.45, 7) is 24.2. The Bertz CT molecular complexity index is 2590. The van der Waals surface area contributed by atoms with Gasteiger partial charge in [0.15, 0.2) is 0 Å². The molecule has 67 heavy (non-hydrogen) atoms. The maximum Gasteiger partial charge on any atom is 0.142 e. The van der Waals surface area contributed by atoms with Crippen LogP contribution < -0.4 is 11.5 Å². The van der Waals surface area contributed by atoms with Crippen LogP contribution in [0.5, 0.6) is 11.5 Å². The highest BCUT2D eigenvalue weighted by Gasteiger charge is 2.34. The van der Waals surface area contributed by atoms with Gasteiger partial charge in [0.25, 0.3) is 0 Å². The summed E-state index contributed by atoms with van der Waals surface area (Å²) in [6, 6.07) is 39.0. The molecule has 0 fully saturated rings. The smallest absolute Gasteiger partial charge is 0.142 e. The average molecular weight is 897 g/mol. The summed E-state index contributed by atoms with van der Waals surface area (Å²) in [5, 5.41) is 49.6. The van der Waals surface area contributed by atoms with E-state index in [2.05, 4.69) is 137 Å². The summed E-state index contributed by atoms with van der Waals surface area (Å²) in [5.74, 6) is 0.371. The molecule has 0 aromatic heterocycles. The molecule has 0 spiro atoms. The first-order chi connectivity index (χ1) is 31.2. The predicted molar refractivity (Wildman–Crippen MR) is 285 cm³/mol. The highest BCUT2D eigenvalue weighted by atomic mass is 16.3. The van der Waals surface area contributed by atoms with Crippen LogP contribution in [0.25, 0.3) is 0 Å². The monoisotopic (exact) mass is 897 g/mol. The van der Waals surface area contributed by atoms with E-state index in [1.807, 2.05) is 54.6 Å². The van der Waals surface area contributed by atoms with Gasteiger partial charge in [0.05, 0.1) is 34.2 Å². The Morgan fingerprint density at radius 1 is 0.388 bits per heavy atom. The van der Waals surface area contributed by atoms with Crippen LogP contribution in [-0.2, 0) is 21.7 Å². The Balaban J connectivity index is 0.000000220. The number of aromatic hydroxyl groups is 2. The standard InChI is InChI=1S/C24H27NO.C23H33NO.2C6H6N2/c1-23(2,17-11-7-5-8-12-17)19-15-20(22(26)21(25)16-19)24(3,4)18-13-9-6-10-14-18;1-21(2,3)15-22(4,5)17-13-18(20(25)19(24)14-17)23(6,7)16-11-9-8-10-12-16;2*7-5-3-1-2-4-6(5)8/h5-16,26H,25H2,1-4H3;8-14,25H,15,24H2,1-7H3;2*1-4,7-8H. The van der Waals surface area contributed by atoms with Crippen LogP contribution in [0.1, 0.15) is 122 Å². The van der Waals surface area contributed by atoms with Gasteiger partial charge in [-0.3, -0.25) is 21.6 Å². The van der Waals surface area contributed by atoms with E-state index >= 15 is 0 Å². The molecule has 8 heteroatoms. The number of benzene rings is 5. The van der Waals surface area contributed by atoms with Crippen molar-refractivity contribution in [3.63, 3.8) is 0 Å². The molecule has 7 rings (SSSR count). The number of rotatable bonds is 8. The molecule has 10 N–H and O–H groups in total.